The largest absolute Gasteiger partial charge is 0.370 e. The first-order chi connectivity index (χ1) is 16.1. The summed E-state index contributed by atoms with van der Waals surface area (Å²) in [5, 5.41) is 24.8. The van der Waals surface area contributed by atoms with Crippen LogP contribution in [0.4, 0.5) is 5.00 Å². The van der Waals surface area contributed by atoms with Gasteiger partial charge in [-0.1, -0.05) is 23.7 Å². The molecule has 0 bridgehead atoms. The minimum atomic E-state index is -0.757. The number of rotatable bonds is 4. The molecule has 176 valence electrons. The highest BCUT2D eigenvalue weighted by Crippen LogP contribution is 2.40. The predicted molar refractivity (Wildman–Crippen MR) is 139 cm³/mol. The summed E-state index contributed by atoms with van der Waals surface area (Å²) in [6.07, 6.45) is 4.37. The predicted octanol–water partition coefficient (Wildman–Crippen LogP) is 4.30. The molecular weight excluding hydrogens is 472 g/mol. The molecule has 11 heteroatoms. The molecule has 3 heterocycles. The average molecular weight is 497 g/mol. The lowest BCUT2D eigenvalue weighted by Gasteiger charge is -2.24. The van der Waals surface area contributed by atoms with Gasteiger partial charge in [0.05, 0.1) is 18.3 Å². The number of hydrogen-bond acceptors (Lipinski definition) is 7. The second-order valence-corrected chi connectivity index (χ2v) is 9.20. The number of benzene rings is 1. The summed E-state index contributed by atoms with van der Waals surface area (Å²) < 4.78 is 0. The number of amidine groups is 2. The van der Waals surface area contributed by atoms with Crippen LogP contribution in [-0.4, -0.2) is 45.5 Å². The third-order valence-electron chi connectivity index (χ3n) is 5.15. The second kappa shape index (κ2) is 10.5. The molecule has 9 nitrogen and oxygen atoms in total. The molecule has 1 aliphatic heterocycles. The summed E-state index contributed by atoms with van der Waals surface area (Å²) in [6.45, 7) is 5.64. The van der Waals surface area contributed by atoms with Gasteiger partial charge in [-0.05, 0) is 38.5 Å². The number of nitrogens with zero attached hydrogens (tertiary/aromatic N) is 3. The Kier molecular flexibility index (Phi) is 7.75. The molecule has 1 aromatic carbocycles. The number of primary amides is 1. The first kappa shape index (κ1) is 25.0. The third kappa shape index (κ3) is 5.29. The van der Waals surface area contributed by atoms with Crippen LogP contribution in [0.1, 0.15) is 40.7 Å². The number of nitrogens with two attached hydrogens (primary N) is 1. The molecule has 0 radical (unpaired) electrons. The number of halogens is 1. The SMILES string of the molecule is CC(=N)N1C(=N)C(CC(N)=O)N=C(c2ccc(Cl)cc2)c2c1sc(C)c2C.N=Cc1ncc[nH]1. The van der Waals surface area contributed by atoms with E-state index in [4.69, 9.17) is 38.6 Å². The summed E-state index contributed by atoms with van der Waals surface area (Å²) >= 11 is 7.55. The molecule has 3 aromatic rings. The Morgan fingerprint density at radius 2 is 2.00 bits per heavy atom. The number of thiophene rings is 1. The van der Waals surface area contributed by atoms with Gasteiger partial charge in [-0.25, -0.2) is 4.98 Å². The van der Waals surface area contributed by atoms with Gasteiger partial charge in [0.25, 0.3) is 0 Å². The summed E-state index contributed by atoms with van der Waals surface area (Å²) in [4.78, 5) is 25.5. The van der Waals surface area contributed by atoms with Crippen molar-refractivity contribution in [2.45, 2.75) is 33.2 Å². The van der Waals surface area contributed by atoms with E-state index in [0.29, 0.717) is 16.6 Å². The molecule has 0 aliphatic carbocycles. The average Bonchev–Trinajstić information content (AvgIpc) is 3.38. The maximum Gasteiger partial charge on any atom is 0.220 e. The van der Waals surface area contributed by atoms with Gasteiger partial charge in [0.1, 0.15) is 28.5 Å². The first-order valence-electron chi connectivity index (χ1n) is 10.3. The second-order valence-electron chi connectivity index (χ2n) is 7.56. The van der Waals surface area contributed by atoms with Gasteiger partial charge < -0.3 is 16.1 Å². The van der Waals surface area contributed by atoms with Gasteiger partial charge in [-0.3, -0.25) is 25.5 Å². The number of imidazole rings is 1. The quantitative estimate of drug-likeness (QED) is 0.269. The number of aliphatic imine (C=N–C) groups is 1. The molecule has 1 atom stereocenters. The number of amides is 1. The molecule has 0 saturated heterocycles. The van der Waals surface area contributed by atoms with Crippen LogP contribution in [0.3, 0.4) is 0 Å². The van der Waals surface area contributed by atoms with Crippen LogP contribution in [-0.2, 0) is 4.79 Å². The van der Waals surface area contributed by atoms with Gasteiger partial charge in [0.15, 0.2) is 0 Å². The fourth-order valence-corrected chi connectivity index (χ4v) is 4.78. The van der Waals surface area contributed by atoms with E-state index in [0.717, 1.165) is 26.6 Å². The zero-order chi connectivity index (χ0) is 25.0. The number of nitrogens with one attached hydrogen (secondary N) is 4. The lowest BCUT2D eigenvalue weighted by atomic mass is 9.99. The number of H-pyrrole nitrogens is 1. The molecule has 0 spiro atoms. The van der Waals surface area contributed by atoms with Crippen molar-refractivity contribution in [3.63, 3.8) is 0 Å². The maximum absolute atomic E-state index is 11.6. The highest BCUT2D eigenvalue weighted by Gasteiger charge is 2.34. The fraction of sp³-hybridized carbons (Fsp3) is 0.217. The van der Waals surface area contributed by atoms with Crippen LogP contribution in [0.15, 0.2) is 41.7 Å². The van der Waals surface area contributed by atoms with Crippen LogP contribution in [0.2, 0.25) is 5.02 Å². The number of aromatic nitrogens is 2. The van der Waals surface area contributed by atoms with Crippen molar-refractivity contribution in [3.8, 4) is 0 Å². The summed E-state index contributed by atoms with van der Waals surface area (Å²) in [7, 11) is 0. The Morgan fingerprint density at radius 3 is 2.50 bits per heavy atom. The van der Waals surface area contributed by atoms with E-state index in [2.05, 4.69) is 9.97 Å². The molecule has 1 aliphatic rings. The van der Waals surface area contributed by atoms with Crippen LogP contribution in [0, 0.1) is 30.1 Å². The highest BCUT2D eigenvalue weighted by atomic mass is 35.5. The molecule has 1 unspecified atom stereocenters. The van der Waals surface area contributed by atoms with E-state index < -0.39 is 11.9 Å². The zero-order valence-corrected chi connectivity index (χ0v) is 20.5. The standard InChI is InChI=1S/C19H20ClN5OS.C4H5N3/c1-9-10(2)27-19-16(9)17(12-4-6-13(20)7-5-12)24-14(8-15(22)26)18(23)25(19)11(3)21;5-3-4-6-1-2-7-4/h4-7,14,21,23H,8H2,1-3H3,(H2,22,26);1-3,5H,(H,6,7). The van der Waals surface area contributed by atoms with Crippen LogP contribution in [0.25, 0.3) is 0 Å². The van der Waals surface area contributed by atoms with Gasteiger partial charge >= 0.3 is 0 Å². The van der Waals surface area contributed by atoms with Crippen molar-refractivity contribution in [1.82, 2.24) is 9.97 Å². The Morgan fingerprint density at radius 1 is 1.32 bits per heavy atom. The molecule has 2 aromatic heterocycles. The summed E-state index contributed by atoms with van der Waals surface area (Å²) in [5.74, 6) is 0.335. The highest BCUT2D eigenvalue weighted by molar-refractivity contribution is 7.17. The topological polar surface area (TPSA) is 159 Å². The van der Waals surface area contributed by atoms with E-state index >= 15 is 0 Å². The summed E-state index contributed by atoms with van der Waals surface area (Å²) in [6, 6.07) is 6.55. The van der Waals surface area contributed by atoms with Crippen molar-refractivity contribution in [1.29, 1.82) is 16.2 Å². The van der Waals surface area contributed by atoms with Crippen molar-refractivity contribution < 1.29 is 4.79 Å². The van der Waals surface area contributed by atoms with E-state index in [1.807, 2.05) is 26.0 Å². The maximum atomic E-state index is 11.6. The number of carbonyl (C=O) groups excluding carboxylic acids is 1. The smallest absolute Gasteiger partial charge is 0.220 e. The number of carbonyl (C=O) groups is 1. The number of aromatic amines is 1. The molecule has 34 heavy (non-hydrogen) atoms. The first-order valence-corrected chi connectivity index (χ1v) is 11.5. The Balaban J connectivity index is 0.000000396. The number of fused-ring (bicyclic) bond motifs is 1. The van der Waals surface area contributed by atoms with Crippen LogP contribution in [0.5, 0.6) is 0 Å². The van der Waals surface area contributed by atoms with Gasteiger partial charge in [-0.2, -0.15) is 0 Å². The van der Waals surface area contributed by atoms with E-state index in [1.54, 1.807) is 36.4 Å². The Bertz CT molecular complexity index is 1260. The van der Waals surface area contributed by atoms with Gasteiger partial charge in [0, 0.05) is 33.4 Å². The zero-order valence-electron chi connectivity index (χ0n) is 18.9. The fourth-order valence-electron chi connectivity index (χ4n) is 3.43. The number of anilines is 1. The van der Waals surface area contributed by atoms with E-state index in [-0.39, 0.29) is 18.1 Å². The molecule has 1 amide bonds. The lowest BCUT2D eigenvalue weighted by Crippen LogP contribution is -2.41. The molecule has 0 fully saturated rings. The van der Waals surface area contributed by atoms with E-state index in [9.17, 15) is 4.79 Å². The molecule has 0 saturated carbocycles. The minimum absolute atomic E-state index is 0.0766. The van der Waals surface area contributed by atoms with Crippen molar-refractivity contribution in [2.75, 3.05) is 4.90 Å². The normalized spacial score (nSPS) is 14.9. The number of hydrogen-bond donors (Lipinski definition) is 5. The van der Waals surface area contributed by atoms with Gasteiger partial charge in [-0.15, -0.1) is 11.3 Å². The van der Waals surface area contributed by atoms with Crippen LogP contribution >= 0.6 is 22.9 Å². The molecule has 6 N–H and O–H groups in total. The van der Waals surface area contributed by atoms with Gasteiger partial charge in [0.2, 0.25) is 5.91 Å². The van der Waals surface area contributed by atoms with Crippen molar-refractivity contribution >= 4 is 57.4 Å². The Hall–Kier alpha value is -3.63. The Labute approximate surface area is 206 Å². The monoisotopic (exact) mass is 496 g/mol. The molecule has 4 rings (SSSR count). The number of aryl methyl sites for hydroxylation is 1. The van der Waals surface area contributed by atoms with Crippen molar-refractivity contribution in [2.24, 2.45) is 10.7 Å². The van der Waals surface area contributed by atoms with E-state index in [1.165, 1.54) is 17.6 Å². The summed E-state index contributed by atoms with van der Waals surface area (Å²) in [5.41, 5.74) is 8.85. The van der Waals surface area contributed by atoms with Crippen LogP contribution < -0.4 is 10.6 Å². The third-order valence-corrected chi connectivity index (χ3v) is 6.60. The van der Waals surface area contributed by atoms with Crippen molar-refractivity contribution in [3.05, 3.63) is 69.1 Å². The molecular formula is C23H25ClN8OS. The lowest BCUT2D eigenvalue weighted by molar-refractivity contribution is -0.118. The minimum Gasteiger partial charge on any atom is -0.370 e.